The molecule has 2 aromatic rings. The Morgan fingerprint density at radius 3 is 2.81 bits per heavy atom. The molecule has 0 unspecified atom stereocenters. The molecule has 1 saturated heterocycles. The Balaban J connectivity index is 1.83. The van der Waals surface area contributed by atoms with Gasteiger partial charge in [0.1, 0.15) is 0 Å². The zero-order valence-corrected chi connectivity index (χ0v) is 11.9. The number of hydrogen-bond donors (Lipinski definition) is 1. The van der Waals surface area contributed by atoms with Gasteiger partial charge in [0.05, 0.1) is 26.4 Å². The van der Waals surface area contributed by atoms with Gasteiger partial charge in [-0.2, -0.15) is 0 Å². The summed E-state index contributed by atoms with van der Waals surface area (Å²) in [6.07, 6.45) is 0.783. The van der Waals surface area contributed by atoms with E-state index in [0.29, 0.717) is 13.2 Å². The molecule has 0 bridgehead atoms. The highest BCUT2D eigenvalue weighted by molar-refractivity contribution is 5.83. The summed E-state index contributed by atoms with van der Waals surface area (Å²) >= 11 is 0. The SMILES string of the molecule is O=c1c2c([nH]c3ccc(N4CCOCC4)cc13)CCOC2. The molecule has 1 aromatic carbocycles. The zero-order valence-electron chi connectivity index (χ0n) is 11.9. The first-order valence-electron chi connectivity index (χ1n) is 7.41. The minimum Gasteiger partial charge on any atom is -0.378 e. The topological polar surface area (TPSA) is 54.6 Å². The molecule has 0 amide bonds. The largest absolute Gasteiger partial charge is 0.378 e. The summed E-state index contributed by atoms with van der Waals surface area (Å²) in [6.45, 7) is 4.33. The Bertz CT molecular complexity index is 732. The van der Waals surface area contributed by atoms with Crippen LogP contribution < -0.4 is 10.3 Å². The molecule has 4 rings (SSSR count). The number of ether oxygens (including phenoxy) is 2. The molecule has 110 valence electrons. The number of pyridine rings is 1. The molecule has 1 N–H and O–H groups in total. The van der Waals surface area contributed by atoms with Gasteiger partial charge in [-0.15, -0.1) is 0 Å². The van der Waals surface area contributed by atoms with Crippen LogP contribution in [-0.2, 0) is 22.5 Å². The number of H-pyrrole nitrogens is 1. The van der Waals surface area contributed by atoms with Crippen molar-refractivity contribution in [3.63, 3.8) is 0 Å². The van der Waals surface area contributed by atoms with Crippen molar-refractivity contribution in [1.82, 2.24) is 4.98 Å². The Hall–Kier alpha value is -1.85. The third kappa shape index (κ3) is 2.22. The number of benzene rings is 1. The van der Waals surface area contributed by atoms with Crippen LogP contribution in [0.2, 0.25) is 0 Å². The van der Waals surface area contributed by atoms with Crippen molar-refractivity contribution in [2.24, 2.45) is 0 Å². The molecule has 0 aliphatic carbocycles. The Kier molecular flexibility index (Phi) is 3.16. The summed E-state index contributed by atoms with van der Waals surface area (Å²) in [5, 5.41) is 0.753. The van der Waals surface area contributed by atoms with E-state index in [2.05, 4.69) is 16.0 Å². The van der Waals surface area contributed by atoms with Crippen molar-refractivity contribution < 1.29 is 9.47 Å². The van der Waals surface area contributed by atoms with Crippen LogP contribution in [0.15, 0.2) is 23.0 Å². The number of nitrogens with zero attached hydrogens (tertiary/aromatic N) is 1. The Morgan fingerprint density at radius 2 is 1.95 bits per heavy atom. The van der Waals surface area contributed by atoms with E-state index in [1.165, 1.54) is 0 Å². The lowest BCUT2D eigenvalue weighted by Crippen LogP contribution is -2.36. The fourth-order valence-electron chi connectivity index (χ4n) is 3.10. The summed E-state index contributed by atoms with van der Waals surface area (Å²) in [6, 6.07) is 6.08. The molecule has 3 heterocycles. The minimum absolute atomic E-state index is 0.105. The van der Waals surface area contributed by atoms with Gasteiger partial charge in [-0.1, -0.05) is 0 Å². The predicted octanol–water partition coefficient (Wildman–Crippen LogP) is 1.44. The van der Waals surface area contributed by atoms with Crippen LogP contribution in [-0.4, -0.2) is 37.9 Å². The van der Waals surface area contributed by atoms with Crippen LogP contribution in [0.5, 0.6) is 0 Å². The van der Waals surface area contributed by atoms with Gasteiger partial charge in [-0.05, 0) is 18.2 Å². The lowest BCUT2D eigenvalue weighted by atomic mass is 10.0. The second-order valence-corrected chi connectivity index (χ2v) is 5.54. The van der Waals surface area contributed by atoms with Gasteiger partial charge in [0.2, 0.25) is 0 Å². The molecular weight excluding hydrogens is 268 g/mol. The molecule has 21 heavy (non-hydrogen) atoms. The van der Waals surface area contributed by atoms with Crippen molar-refractivity contribution in [3.05, 3.63) is 39.7 Å². The third-order valence-electron chi connectivity index (χ3n) is 4.29. The van der Waals surface area contributed by atoms with Gasteiger partial charge >= 0.3 is 0 Å². The van der Waals surface area contributed by atoms with E-state index in [9.17, 15) is 4.79 Å². The van der Waals surface area contributed by atoms with Crippen molar-refractivity contribution in [2.45, 2.75) is 13.0 Å². The fourth-order valence-corrected chi connectivity index (χ4v) is 3.10. The number of hydrogen-bond acceptors (Lipinski definition) is 4. The maximum Gasteiger partial charge on any atom is 0.195 e. The monoisotopic (exact) mass is 286 g/mol. The Morgan fingerprint density at radius 1 is 1.10 bits per heavy atom. The second-order valence-electron chi connectivity index (χ2n) is 5.54. The first-order chi connectivity index (χ1) is 10.3. The van der Waals surface area contributed by atoms with Crippen molar-refractivity contribution in [3.8, 4) is 0 Å². The standard InChI is InChI=1S/C16H18N2O3/c19-16-12-9-11(18-4-7-20-8-5-18)1-2-14(12)17-15-3-6-21-10-13(15)16/h1-2,9H,3-8,10H2,(H,17,19). The van der Waals surface area contributed by atoms with Crippen LogP contribution in [0.25, 0.3) is 10.9 Å². The van der Waals surface area contributed by atoms with Crippen LogP contribution in [0, 0.1) is 0 Å². The lowest BCUT2D eigenvalue weighted by Gasteiger charge is -2.29. The van der Waals surface area contributed by atoms with Crippen molar-refractivity contribution in [2.75, 3.05) is 37.8 Å². The van der Waals surface area contributed by atoms with Crippen LogP contribution in [0.4, 0.5) is 5.69 Å². The summed E-state index contributed by atoms with van der Waals surface area (Å²) in [5.41, 5.74) is 3.92. The number of anilines is 1. The number of aromatic nitrogens is 1. The van der Waals surface area contributed by atoms with E-state index in [4.69, 9.17) is 9.47 Å². The quantitative estimate of drug-likeness (QED) is 0.862. The van der Waals surface area contributed by atoms with Gasteiger partial charge < -0.3 is 19.4 Å². The van der Waals surface area contributed by atoms with Crippen LogP contribution >= 0.6 is 0 Å². The van der Waals surface area contributed by atoms with Crippen molar-refractivity contribution in [1.29, 1.82) is 0 Å². The molecule has 1 fully saturated rings. The van der Waals surface area contributed by atoms with Crippen LogP contribution in [0.3, 0.4) is 0 Å². The molecule has 0 saturated carbocycles. The Labute approximate surface area is 122 Å². The highest BCUT2D eigenvalue weighted by Crippen LogP contribution is 2.22. The zero-order chi connectivity index (χ0) is 14.2. The van der Waals surface area contributed by atoms with Gasteiger partial charge in [-0.25, -0.2) is 0 Å². The van der Waals surface area contributed by atoms with Gasteiger partial charge in [-0.3, -0.25) is 4.79 Å². The molecule has 0 atom stereocenters. The van der Waals surface area contributed by atoms with E-state index in [-0.39, 0.29) is 5.43 Å². The van der Waals surface area contributed by atoms with E-state index in [0.717, 1.165) is 60.6 Å². The van der Waals surface area contributed by atoms with Gasteiger partial charge in [0.15, 0.2) is 5.43 Å². The molecule has 0 radical (unpaired) electrons. The average molecular weight is 286 g/mol. The van der Waals surface area contributed by atoms with E-state index in [1.807, 2.05) is 12.1 Å². The first-order valence-corrected chi connectivity index (χ1v) is 7.41. The van der Waals surface area contributed by atoms with Crippen LogP contribution in [0.1, 0.15) is 11.3 Å². The highest BCUT2D eigenvalue weighted by atomic mass is 16.5. The minimum atomic E-state index is 0.105. The number of aromatic amines is 1. The first kappa shape index (κ1) is 12.9. The van der Waals surface area contributed by atoms with Crippen molar-refractivity contribution >= 4 is 16.6 Å². The predicted molar refractivity (Wildman–Crippen MR) is 81.0 cm³/mol. The molecule has 5 nitrogen and oxygen atoms in total. The number of fused-ring (bicyclic) bond motifs is 2. The van der Waals surface area contributed by atoms with Gasteiger partial charge in [0.25, 0.3) is 0 Å². The third-order valence-corrected chi connectivity index (χ3v) is 4.29. The summed E-state index contributed by atoms with van der Waals surface area (Å²) in [7, 11) is 0. The summed E-state index contributed by atoms with van der Waals surface area (Å²) < 4.78 is 10.8. The summed E-state index contributed by atoms with van der Waals surface area (Å²) in [4.78, 5) is 18.3. The maximum absolute atomic E-state index is 12.7. The van der Waals surface area contributed by atoms with E-state index in [1.54, 1.807) is 0 Å². The highest BCUT2D eigenvalue weighted by Gasteiger charge is 2.17. The molecule has 2 aliphatic rings. The van der Waals surface area contributed by atoms with E-state index >= 15 is 0 Å². The number of rotatable bonds is 1. The molecule has 0 spiro atoms. The number of morpholine rings is 1. The van der Waals surface area contributed by atoms with E-state index < -0.39 is 0 Å². The smallest absolute Gasteiger partial charge is 0.195 e. The number of nitrogens with one attached hydrogen (secondary N) is 1. The molecular formula is C16H18N2O3. The molecule has 2 aliphatic heterocycles. The summed E-state index contributed by atoms with van der Waals surface area (Å²) in [5.74, 6) is 0. The normalized spacial score (nSPS) is 18.8. The molecule has 5 heteroatoms. The lowest BCUT2D eigenvalue weighted by molar-refractivity contribution is 0.109. The average Bonchev–Trinajstić information content (AvgIpc) is 2.56. The van der Waals surface area contributed by atoms with Gasteiger partial charge in [0, 0.05) is 47.4 Å². The maximum atomic E-state index is 12.7. The fraction of sp³-hybridized carbons (Fsp3) is 0.438. The second kappa shape index (κ2) is 5.16. The molecule has 1 aromatic heterocycles.